The first-order valence-electron chi connectivity index (χ1n) is 15.3. The normalized spacial score (nSPS) is 25.7. The number of carbonyl (C=O) groups excluding carboxylic acids is 3. The fourth-order valence-corrected chi connectivity index (χ4v) is 6.83. The van der Waals surface area contributed by atoms with Crippen molar-refractivity contribution in [2.24, 2.45) is 17.3 Å². The smallest absolute Gasteiger partial charge is 0.496 e. The quantitative estimate of drug-likeness (QED) is 0.124. The average Bonchev–Trinajstić information content (AvgIpc) is 3.32. The molecule has 1 heterocycles. The number of rotatable bonds is 14. The molecular weight excluding hydrogens is 579 g/mol. The number of amides is 1. The lowest BCUT2D eigenvalue weighted by atomic mass is 9.43. The number of hydrogen-bond donors (Lipinski definition) is 1. The molecule has 5 unspecified atom stereocenters. The van der Waals surface area contributed by atoms with Gasteiger partial charge in [-0.05, 0) is 68.4 Å². The van der Waals surface area contributed by atoms with Crippen LogP contribution in [0.5, 0.6) is 5.75 Å². The molecule has 1 aromatic rings. The minimum atomic E-state index is -2.99. The van der Waals surface area contributed by atoms with Crippen LogP contribution in [0.1, 0.15) is 89.1 Å². The maximum absolute atomic E-state index is 13.5. The molecule has 1 saturated heterocycles. The number of nitrogens with one attached hydrogen (secondary N) is 1. The van der Waals surface area contributed by atoms with Gasteiger partial charge in [0.25, 0.3) is 0 Å². The third kappa shape index (κ3) is 7.47. The molecule has 5 atom stereocenters. The van der Waals surface area contributed by atoms with E-state index < -0.39 is 55.8 Å². The molecule has 3 aliphatic carbocycles. The van der Waals surface area contributed by atoms with Crippen LogP contribution in [-0.4, -0.2) is 69.2 Å². The van der Waals surface area contributed by atoms with Crippen LogP contribution < -0.4 is 10.1 Å². The van der Waals surface area contributed by atoms with Crippen molar-refractivity contribution in [2.45, 2.75) is 103 Å². The van der Waals surface area contributed by atoms with Gasteiger partial charge < -0.3 is 33.6 Å². The molecule has 13 heteroatoms. The summed E-state index contributed by atoms with van der Waals surface area (Å²) in [5.74, 6) is -4.15. The van der Waals surface area contributed by atoms with Crippen LogP contribution in [0.3, 0.4) is 0 Å². The second-order valence-corrected chi connectivity index (χ2v) is 12.9. The predicted molar refractivity (Wildman–Crippen MR) is 156 cm³/mol. The first-order chi connectivity index (χ1) is 20.7. The number of esters is 1. The minimum Gasteiger partial charge on any atom is -0.496 e. The number of benzene rings is 1. The van der Waals surface area contributed by atoms with Gasteiger partial charge in [0.1, 0.15) is 11.3 Å². The number of methoxy groups -OCH3 is 1. The second kappa shape index (κ2) is 13.6. The van der Waals surface area contributed by atoms with E-state index in [2.05, 4.69) is 26.1 Å². The molecule has 1 N–H and O–H groups in total. The lowest BCUT2D eigenvalue weighted by Crippen LogP contribution is -2.65. The number of ether oxygens (including phenoxy) is 4. The van der Waals surface area contributed by atoms with Crippen molar-refractivity contribution in [3.63, 3.8) is 0 Å². The zero-order chi connectivity index (χ0) is 32.3. The van der Waals surface area contributed by atoms with Crippen molar-refractivity contribution in [3.05, 3.63) is 29.3 Å². The molecule has 0 spiro atoms. The molecule has 0 radical (unpaired) electrons. The number of alkyl halides is 2. The number of carbonyl (C=O) groups is 3. The van der Waals surface area contributed by atoms with Gasteiger partial charge in [-0.3, -0.25) is 4.79 Å². The number of para-hydroxylation sites is 1. The van der Waals surface area contributed by atoms with Gasteiger partial charge in [0, 0.05) is 12.8 Å². The van der Waals surface area contributed by atoms with E-state index in [1.807, 2.05) is 6.92 Å². The first-order valence-corrected chi connectivity index (χ1v) is 15.3. The molecule has 44 heavy (non-hydrogen) atoms. The largest absolute Gasteiger partial charge is 0.511 e. The Morgan fingerprint density at radius 3 is 2.57 bits per heavy atom. The predicted octanol–water partition coefficient (Wildman–Crippen LogP) is 5.49. The molecule has 1 amide bonds. The Kier molecular flexibility index (Phi) is 10.5. The van der Waals surface area contributed by atoms with Gasteiger partial charge in [0.15, 0.2) is 0 Å². The van der Waals surface area contributed by atoms with Crippen LogP contribution in [0.25, 0.3) is 0 Å². The first kappa shape index (κ1) is 34.0. The van der Waals surface area contributed by atoms with Crippen molar-refractivity contribution in [1.82, 2.24) is 5.32 Å². The monoisotopic (exact) mass is 623 g/mol. The van der Waals surface area contributed by atoms with Crippen LogP contribution in [0.4, 0.5) is 13.6 Å². The Balaban J connectivity index is 1.50. The molecule has 5 rings (SSSR count). The van der Waals surface area contributed by atoms with Crippen molar-refractivity contribution in [3.8, 4) is 5.75 Å². The summed E-state index contributed by atoms with van der Waals surface area (Å²) in [6.07, 6.45) is 1.42. The summed E-state index contributed by atoms with van der Waals surface area (Å²) in [5.41, 5.74) is 0.142. The third-order valence-electron chi connectivity index (χ3n) is 9.48. The summed E-state index contributed by atoms with van der Waals surface area (Å²) in [6, 6.07) is 4.84. The Morgan fingerprint density at radius 1 is 1.16 bits per heavy atom. The van der Waals surface area contributed by atoms with Gasteiger partial charge in [-0.2, -0.15) is 0 Å². The van der Waals surface area contributed by atoms with E-state index in [0.717, 1.165) is 26.2 Å². The highest BCUT2D eigenvalue weighted by atomic mass is 19.3. The summed E-state index contributed by atoms with van der Waals surface area (Å²) in [5, 5.41) is 2.86. The Hall–Kier alpha value is -2.93. The van der Waals surface area contributed by atoms with Gasteiger partial charge in [-0.1, -0.05) is 39.3 Å². The maximum Gasteiger partial charge on any atom is 0.511 e. The molecule has 1 aliphatic heterocycles. The van der Waals surface area contributed by atoms with E-state index in [-0.39, 0.29) is 48.2 Å². The van der Waals surface area contributed by atoms with Crippen molar-refractivity contribution in [1.29, 1.82) is 0 Å². The number of hydrogen-bond acceptors (Lipinski definition) is 9. The fraction of sp³-hybridized carbons (Fsp3) is 0.710. The fourth-order valence-electron chi connectivity index (χ4n) is 6.83. The minimum absolute atomic E-state index is 0.0695. The zero-order valence-corrected chi connectivity index (χ0v) is 26.4. The molecule has 2 bridgehead atoms. The topological polar surface area (TPSA) is 119 Å². The standard InChI is InChI=1S/C31H44BF2NO9/c1-7-8-14-40-28(38)42-18-41-27(37)21-11-9-10-19(26(21)39-6)15-24(35-25(36)12-13-30(4,33)34)32-43-23-17-20-16-22(29(20,2)3)31(23,5)44-32/h9-11,20,22-24H,7-8,12-18H2,1-6H3,(H,35,36). The SMILES string of the molecule is CCCCOC(=O)OCOC(=O)c1cccc(CC(NC(=O)CCC(C)(F)F)B2OC3CC4CC(C4(C)C)C3(C)O2)c1OC. The van der Waals surface area contributed by atoms with Gasteiger partial charge in [0.2, 0.25) is 18.6 Å². The van der Waals surface area contributed by atoms with Crippen molar-refractivity contribution < 1.29 is 51.4 Å². The Labute approximate surface area is 257 Å². The summed E-state index contributed by atoms with van der Waals surface area (Å²) in [6.45, 7) is 8.80. The summed E-state index contributed by atoms with van der Waals surface area (Å²) in [7, 11) is 0.542. The van der Waals surface area contributed by atoms with E-state index in [4.69, 9.17) is 28.3 Å². The van der Waals surface area contributed by atoms with Crippen LogP contribution in [0.15, 0.2) is 18.2 Å². The van der Waals surface area contributed by atoms with Gasteiger partial charge in [0.05, 0.1) is 31.4 Å². The lowest BCUT2D eigenvalue weighted by molar-refractivity contribution is -0.199. The summed E-state index contributed by atoms with van der Waals surface area (Å²) in [4.78, 5) is 37.5. The molecule has 0 aromatic heterocycles. The van der Waals surface area contributed by atoms with Crippen LogP contribution in [0, 0.1) is 17.3 Å². The van der Waals surface area contributed by atoms with E-state index in [1.165, 1.54) is 13.2 Å². The van der Waals surface area contributed by atoms with E-state index >= 15 is 0 Å². The molecule has 4 fully saturated rings. The van der Waals surface area contributed by atoms with Crippen LogP contribution >= 0.6 is 0 Å². The molecule has 3 saturated carbocycles. The van der Waals surface area contributed by atoms with Gasteiger partial charge >= 0.3 is 19.2 Å². The molecular formula is C31H44BF2NO9. The van der Waals surface area contributed by atoms with Gasteiger partial charge in [-0.15, -0.1) is 0 Å². The molecule has 244 valence electrons. The van der Waals surface area contributed by atoms with E-state index in [1.54, 1.807) is 12.1 Å². The Morgan fingerprint density at radius 2 is 1.91 bits per heavy atom. The van der Waals surface area contributed by atoms with Gasteiger partial charge in [-0.25, -0.2) is 18.4 Å². The zero-order valence-electron chi connectivity index (χ0n) is 26.4. The molecule has 4 aliphatic rings. The van der Waals surface area contributed by atoms with Crippen molar-refractivity contribution >= 4 is 25.2 Å². The Bertz CT molecular complexity index is 1210. The third-order valence-corrected chi connectivity index (χ3v) is 9.48. The van der Waals surface area contributed by atoms with E-state index in [0.29, 0.717) is 17.9 Å². The highest BCUT2D eigenvalue weighted by molar-refractivity contribution is 6.48. The number of halogens is 2. The average molecular weight is 623 g/mol. The van der Waals surface area contributed by atoms with E-state index in [9.17, 15) is 23.2 Å². The summed E-state index contributed by atoms with van der Waals surface area (Å²) < 4.78 is 60.5. The van der Waals surface area contributed by atoms with Crippen LogP contribution in [-0.2, 0) is 34.7 Å². The van der Waals surface area contributed by atoms with Crippen molar-refractivity contribution in [2.75, 3.05) is 20.5 Å². The van der Waals surface area contributed by atoms with Crippen LogP contribution in [0.2, 0.25) is 0 Å². The second-order valence-electron chi connectivity index (χ2n) is 12.9. The molecule has 1 aromatic carbocycles. The molecule has 10 nitrogen and oxygen atoms in total. The highest BCUT2D eigenvalue weighted by Gasteiger charge is 2.68. The maximum atomic E-state index is 13.5. The summed E-state index contributed by atoms with van der Waals surface area (Å²) >= 11 is 0. The lowest BCUT2D eigenvalue weighted by Gasteiger charge is -2.64. The number of unbranched alkanes of at least 4 members (excludes halogenated alkanes) is 1. The highest BCUT2D eigenvalue weighted by Crippen LogP contribution is 2.65.